The number of rotatable bonds is 2. The standard InChI is InChI=1S/C11H14ClNO/c1-8-6-9(12)2-3-11(8)13-10-4-5-14-7-10/h2-3,6,10,13H,4-5,7H2,1H3. The summed E-state index contributed by atoms with van der Waals surface area (Å²) >= 11 is 5.88. The van der Waals surface area contributed by atoms with Gasteiger partial charge in [-0.1, -0.05) is 11.6 Å². The molecule has 1 atom stereocenters. The molecule has 0 radical (unpaired) electrons. The first kappa shape index (κ1) is 9.81. The summed E-state index contributed by atoms with van der Waals surface area (Å²) in [5.74, 6) is 0. The highest BCUT2D eigenvalue weighted by Gasteiger charge is 2.15. The normalized spacial score (nSPS) is 21.1. The van der Waals surface area contributed by atoms with Crippen molar-refractivity contribution in [3.8, 4) is 0 Å². The Morgan fingerprint density at radius 2 is 2.36 bits per heavy atom. The van der Waals surface area contributed by atoms with Crippen LogP contribution in [0.2, 0.25) is 5.02 Å². The van der Waals surface area contributed by atoms with Gasteiger partial charge in [-0.3, -0.25) is 0 Å². The van der Waals surface area contributed by atoms with E-state index in [2.05, 4.69) is 12.2 Å². The smallest absolute Gasteiger partial charge is 0.0668 e. The first-order valence-corrected chi connectivity index (χ1v) is 5.24. The van der Waals surface area contributed by atoms with Crippen molar-refractivity contribution in [3.05, 3.63) is 28.8 Å². The lowest BCUT2D eigenvalue weighted by molar-refractivity contribution is 0.195. The number of benzene rings is 1. The molecule has 2 rings (SSSR count). The van der Waals surface area contributed by atoms with Crippen molar-refractivity contribution in [1.29, 1.82) is 0 Å². The van der Waals surface area contributed by atoms with Gasteiger partial charge in [0.25, 0.3) is 0 Å². The Morgan fingerprint density at radius 1 is 1.50 bits per heavy atom. The molecule has 1 saturated heterocycles. The number of halogens is 1. The van der Waals surface area contributed by atoms with E-state index in [0.29, 0.717) is 6.04 Å². The molecular formula is C11H14ClNO. The number of hydrogen-bond donors (Lipinski definition) is 1. The van der Waals surface area contributed by atoms with Gasteiger partial charge in [-0.15, -0.1) is 0 Å². The van der Waals surface area contributed by atoms with Crippen molar-refractivity contribution in [2.24, 2.45) is 0 Å². The topological polar surface area (TPSA) is 21.3 Å². The Hall–Kier alpha value is -0.730. The van der Waals surface area contributed by atoms with Crippen LogP contribution in [0.25, 0.3) is 0 Å². The Morgan fingerprint density at radius 3 is 3.00 bits per heavy atom. The average molecular weight is 212 g/mol. The Labute approximate surface area is 89.2 Å². The second kappa shape index (κ2) is 4.20. The molecule has 3 heteroatoms. The fourth-order valence-electron chi connectivity index (χ4n) is 1.66. The van der Waals surface area contributed by atoms with Gasteiger partial charge in [0.2, 0.25) is 0 Å². The minimum atomic E-state index is 0.454. The van der Waals surface area contributed by atoms with Crippen LogP contribution in [-0.2, 0) is 4.74 Å². The second-order valence-electron chi connectivity index (χ2n) is 3.66. The Balaban J connectivity index is 2.08. The lowest BCUT2D eigenvalue weighted by atomic mass is 10.1. The molecule has 0 saturated carbocycles. The maximum atomic E-state index is 5.88. The van der Waals surface area contributed by atoms with Gasteiger partial charge < -0.3 is 10.1 Å². The zero-order chi connectivity index (χ0) is 9.97. The van der Waals surface area contributed by atoms with Crippen molar-refractivity contribution in [2.75, 3.05) is 18.5 Å². The third-order valence-electron chi connectivity index (χ3n) is 2.48. The summed E-state index contributed by atoms with van der Waals surface area (Å²) in [7, 11) is 0. The minimum absolute atomic E-state index is 0.454. The predicted molar refractivity (Wildman–Crippen MR) is 59.0 cm³/mol. The maximum Gasteiger partial charge on any atom is 0.0668 e. The lowest BCUT2D eigenvalue weighted by Crippen LogP contribution is -2.19. The number of anilines is 1. The van der Waals surface area contributed by atoms with Crippen molar-refractivity contribution in [1.82, 2.24) is 0 Å². The molecule has 0 bridgehead atoms. The van der Waals surface area contributed by atoms with E-state index in [-0.39, 0.29) is 0 Å². The molecule has 1 aliphatic heterocycles. The fraction of sp³-hybridized carbons (Fsp3) is 0.455. The summed E-state index contributed by atoms with van der Waals surface area (Å²) < 4.78 is 5.30. The molecule has 0 amide bonds. The van der Waals surface area contributed by atoms with Crippen LogP contribution in [0.4, 0.5) is 5.69 Å². The molecule has 1 aliphatic rings. The van der Waals surface area contributed by atoms with Gasteiger partial charge in [0.05, 0.1) is 12.6 Å². The van der Waals surface area contributed by atoms with Crippen molar-refractivity contribution < 1.29 is 4.74 Å². The van der Waals surface area contributed by atoms with Gasteiger partial charge in [0.15, 0.2) is 0 Å². The number of hydrogen-bond acceptors (Lipinski definition) is 2. The molecule has 1 fully saturated rings. The van der Waals surface area contributed by atoms with Crippen LogP contribution in [0.15, 0.2) is 18.2 Å². The van der Waals surface area contributed by atoms with E-state index in [1.54, 1.807) is 0 Å². The summed E-state index contributed by atoms with van der Waals surface area (Å²) in [6, 6.07) is 6.36. The highest BCUT2D eigenvalue weighted by atomic mass is 35.5. The fourth-order valence-corrected chi connectivity index (χ4v) is 1.88. The molecule has 2 nitrogen and oxygen atoms in total. The Bertz CT molecular complexity index is 321. The highest BCUT2D eigenvalue weighted by molar-refractivity contribution is 6.30. The maximum absolute atomic E-state index is 5.88. The molecule has 0 spiro atoms. The summed E-state index contributed by atoms with van der Waals surface area (Å²) in [4.78, 5) is 0. The van der Waals surface area contributed by atoms with Gasteiger partial charge >= 0.3 is 0 Å². The minimum Gasteiger partial charge on any atom is -0.380 e. The summed E-state index contributed by atoms with van der Waals surface area (Å²) in [5, 5.41) is 4.24. The average Bonchev–Trinajstić information content (AvgIpc) is 2.62. The highest BCUT2D eigenvalue weighted by Crippen LogP contribution is 2.21. The predicted octanol–water partition coefficient (Wildman–Crippen LogP) is 2.85. The zero-order valence-electron chi connectivity index (χ0n) is 8.22. The van der Waals surface area contributed by atoms with E-state index in [9.17, 15) is 0 Å². The molecule has 1 aromatic rings. The van der Waals surface area contributed by atoms with Gasteiger partial charge in [-0.05, 0) is 37.1 Å². The molecule has 1 unspecified atom stereocenters. The number of aryl methyl sites for hydroxylation is 1. The second-order valence-corrected chi connectivity index (χ2v) is 4.10. The van der Waals surface area contributed by atoms with E-state index in [1.807, 2.05) is 18.2 Å². The van der Waals surface area contributed by atoms with E-state index < -0.39 is 0 Å². The van der Waals surface area contributed by atoms with Gasteiger partial charge in [-0.25, -0.2) is 0 Å². The monoisotopic (exact) mass is 211 g/mol. The van der Waals surface area contributed by atoms with Crippen LogP contribution < -0.4 is 5.32 Å². The SMILES string of the molecule is Cc1cc(Cl)ccc1NC1CCOC1. The lowest BCUT2D eigenvalue weighted by Gasteiger charge is -2.14. The van der Waals surface area contributed by atoms with E-state index in [1.165, 1.54) is 5.56 Å². The van der Waals surface area contributed by atoms with E-state index in [4.69, 9.17) is 16.3 Å². The number of nitrogens with one attached hydrogen (secondary N) is 1. The molecule has 0 aromatic heterocycles. The molecule has 14 heavy (non-hydrogen) atoms. The van der Waals surface area contributed by atoms with Crippen LogP contribution in [-0.4, -0.2) is 19.3 Å². The molecular weight excluding hydrogens is 198 g/mol. The third-order valence-corrected chi connectivity index (χ3v) is 2.71. The van der Waals surface area contributed by atoms with Crippen molar-refractivity contribution >= 4 is 17.3 Å². The van der Waals surface area contributed by atoms with E-state index in [0.717, 1.165) is 30.3 Å². The Kier molecular flexibility index (Phi) is 2.94. The first-order chi connectivity index (χ1) is 6.75. The molecule has 0 aliphatic carbocycles. The van der Waals surface area contributed by atoms with Crippen molar-refractivity contribution in [2.45, 2.75) is 19.4 Å². The summed E-state index contributed by atoms with van der Waals surface area (Å²) in [6.07, 6.45) is 1.09. The van der Waals surface area contributed by atoms with Crippen LogP contribution in [0.5, 0.6) is 0 Å². The third kappa shape index (κ3) is 2.20. The summed E-state index contributed by atoms with van der Waals surface area (Å²) in [5.41, 5.74) is 2.34. The van der Waals surface area contributed by atoms with Crippen LogP contribution >= 0.6 is 11.6 Å². The first-order valence-electron chi connectivity index (χ1n) is 4.86. The van der Waals surface area contributed by atoms with Crippen LogP contribution in [0.1, 0.15) is 12.0 Å². The van der Waals surface area contributed by atoms with E-state index >= 15 is 0 Å². The van der Waals surface area contributed by atoms with Gasteiger partial charge in [0.1, 0.15) is 0 Å². The summed E-state index contributed by atoms with van der Waals surface area (Å²) in [6.45, 7) is 3.73. The van der Waals surface area contributed by atoms with Gasteiger partial charge in [-0.2, -0.15) is 0 Å². The molecule has 1 N–H and O–H groups in total. The van der Waals surface area contributed by atoms with Crippen LogP contribution in [0, 0.1) is 6.92 Å². The zero-order valence-corrected chi connectivity index (χ0v) is 8.97. The van der Waals surface area contributed by atoms with Crippen molar-refractivity contribution in [3.63, 3.8) is 0 Å². The molecule has 76 valence electrons. The van der Waals surface area contributed by atoms with Gasteiger partial charge in [0, 0.05) is 17.3 Å². The largest absolute Gasteiger partial charge is 0.380 e. The van der Waals surface area contributed by atoms with Crippen LogP contribution in [0.3, 0.4) is 0 Å². The molecule has 1 heterocycles. The quantitative estimate of drug-likeness (QED) is 0.813. The molecule has 1 aromatic carbocycles. The number of ether oxygens (including phenoxy) is 1.